The summed E-state index contributed by atoms with van der Waals surface area (Å²) in [5.41, 5.74) is 0. The predicted molar refractivity (Wildman–Crippen MR) is 153 cm³/mol. The Balaban J connectivity index is 3.86. The molecule has 0 spiro atoms. The summed E-state index contributed by atoms with van der Waals surface area (Å²) in [5.74, 6) is 0. The fourth-order valence-electron chi connectivity index (χ4n) is 4.18. The highest BCUT2D eigenvalue weighted by Crippen LogP contribution is 2.14. The summed E-state index contributed by atoms with van der Waals surface area (Å²) in [6.45, 7) is 8.54. The van der Waals surface area contributed by atoms with Crippen molar-refractivity contribution in [3.05, 3.63) is 24.3 Å². The van der Waals surface area contributed by atoms with Crippen LogP contribution in [0.25, 0.3) is 0 Å². The Labute approximate surface area is 215 Å². The summed E-state index contributed by atoms with van der Waals surface area (Å²) in [6.07, 6.45) is 37.5. The lowest BCUT2D eigenvalue weighted by Crippen LogP contribution is -2.19. The Kier molecular flexibility index (Phi) is 29.9. The molecular weight excluding hydrogens is 416 g/mol. The van der Waals surface area contributed by atoms with Crippen molar-refractivity contribution in [3.8, 4) is 0 Å². The van der Waals surface area contributed by atoms with E-state index in [1.54, 1.807) is 0 Å². The van der Waals surface area contributed by atoms with Crippen molar-refractivity contribution < 1.29 is 9.47 Å². The van der Waals surface area contributed by atoms with E-state index in [-0.39, 0.29) is 6.29 Å². The topological polar surface area (TPSA) is 18.5 Å². The molecule has 0 saturated carbocycles. The molecule has 0 rings (SSSR count). The highest BCUT2D eigenvalue weighted by molar-refractivity contribution is 5.02. The zero-order valence-corrected chi connectivity index (χ0v) is 23.7. The van der Waals surface area contributed by atoms with Gasteiger partial charge in [0.2, 0.25) is 0 Å². The second-order valence-electron chi connectivity index (χ2n) is 10.1. The van der Waals surface area contributed by atoms with Crippen LogP contribution in [0.2, 0.25) is 0 Å². The van der Waals surface area contributed by atoms with Gasteiger partial charge < -0.3 is 9.47 Å². The van der Waals surface area contributed by atoms with Crippen LogP contribution in [0.5, 0.6) is 0 Å². The van der Waals surface area contributed by atoms with Crippen LogP contribution < -0.4 is 0 Å². The number of hydrogen-bond donors (Lipinski definition) is 0. The van der Waals surface area contributed by atoms with Gasteiger partial charge in [0.05, 0.1) is 0 Å². The SMILES string of the molecule is CCCCC=CC=CCCCCCCCC(OCCCCCCCC)OCCCCCCCC. The average molecular weight is 479 g/mol. The zero-order chi connectivity index (χ0) is 24.8. The van der Waals surface area contributed by atoms with Crippen LogP contribution >= 0.6 is 0 Å². The molecule has 0 aromatic heterocycles. The number of ether oxygens (including phenoxy) is 2. The Morgan fingerprint density at radius 1 is 0.441 bits per heavy atom. The first-order chi connectivity index (χ1) is 16.8. The van der Waals surface area contributed by atoms with Gasteiger partial charge in [-0.3, -0.25) is 0 Å². The Morgan fingerprint density at radius 3 is 1.38 bits per heavy atom. The Hall–Kier alpha value is -0.600. The molecule has 0 aliphatic carbocycles. The number of unbranched alkanes of at least 4 members (excludes halogenated alkanes) is 17. The molecule has 0 amide bonds. The van der Waals surface area contributed by atoms with Crippen LogP contribution in [-0.2, 0) is 9.47 Å². The molecule has 0 fully saturated rings. The molecule has 0 N–H and O–H groups in total. The van der Waals surface area contributed by atoms with E-state index in [2.05, 4.69) is 45.1 Å². The van der Waals surface area contributed by atoms with Gasteiger partial charge in [0.1, 0.15) is 0 Å². The van der Waals surface area contributed by atoms with Crippen molar-refractivity contribution in [2.24, 2.45) is 0 Å². The van der Waals surface area contributed by atoms with E-state index in [1.807, 2.05) is 0 Å². The molecule has 2 nitrogen and oxygen atoms in total. The Bertz CT molecular complexity index is 397. The van der Waals surface area contributed by atoms with E-state index < -0.39 is 0 Å². The second-order valence-corrected chi connectivity index (χ2v) is 10.1. The molecule has 0 aliphatic rings. The minimum atomic E-state index is 0.0220. The minimum Gasteiger partial charge on any atom is -0.353 e. The smallest absolute Gasteiger partial charge is 0.157 e. The standard InChI is InChI=1S/C32H62O2/c1-4-7-10-13-16-17-18-19-20-21-22-23-26-29-32(33-30-27-24-14-11-8-5-2)34-31-28-25-15-12-9-6-3/h13,16-18,32H,4-12,14-15,19-31H2,1-3H3. The quantitative estimate of drug-likeness (QED) is 0.0632. The van der Waals surface area contributed by atoms with Gasteiger partial charge >= 0.3 is 0 Å². The first kappa shape index (κ1) is 33.4. The summed E-state index contributed by atoms with van der Waals surface area (Å²) in [6, 6.07) is 0. The van der Waals surface area contributed by atoms with Crippen LogP contribution in [0.1, 0.15) is 162 Å². The molecule has 34 heavy (non-hydrogen) atoms. The largest absolute Gasteiger partial charge is 0.353 e. The fourth-order valence-corrected chi connectivity index (χ4v) is 4.18. The predicted octanol–water partition coefficient (Wildman–Crippen LogP) is 11.1. The van der Waals surface area contributed by atoms with Gasteiger partial charge in [-0.25, -0.2) is 0 Å². The normalized spacial score (nSPS) is 12.1. The first-order valence-corrected chi connectivity index (χ1v) is 15.4. The lowest BCUT2D eigenvalue weighted by atomic mass is 10.1. The van der Waals surface area contributed by atoms with Crippen molar-refractivity contribution in [2.75, 3.05) is 13.2 Å². The number of rotatable bonds is 28. The van der Waals surface area contributed by atoms with Crippen LogP contribution in [-0.4, -0.2) is 19.5 Å². The maximum absolute atomic E-state index is 6.16. The van der Waals surface area contributed by atoms with Gasteiger partial charge in [-0.2, -0.15) is 0 Å². The third-order valence-corrected chi connectivity index (χ3v) is 6.52. The molecule has 0 aromatic carbocycles. The molecule has 0 bridgehead atoms. The molecule has 0 aromatic rings. The Morgan fingerprint density at radius 2 is 0.853 bits per heavy atom. The average Bonchev–Trinajstić information content (AvgIpc) is 2.85. The summed E-state index contributed by atoms with van der Waals surface area (Å²) in [7, 11) is 0. The molecule has 0 aliphatic heterocycles. The van der Waals surface area contributed by atoms with E-state index in [4.69, 9.17) is 9.47 Å². The lowest BCUT2D eigenvalue weighted by Gasteiger charge is -2.19. The highest BCUT2D eigenvalue weighted by Gasteiger charge is 2.09. The molecule has 0 radical (unpaired) electrons. The third-order valence-electron chi connectivity index (χ3n) is 6.52. The summed E-state index contributed by atoms with van der Waals surface area (Å²) < 4.78 is 12.3. The van der Waals surface area contributed by atoms with Gasteiger partial charge in [-0.15, -0.1) is 0 Å². The monoisotopic (exact) mass is 478 g/mol. The molecule has 0 saturated heterocycles. The third kappa shape index (κ3) is 27.6. The molecule has 0 unspecified atom stereocenters. The molecule has 2 heteroatoms. The van der Waals surface area contributed by atoms with E-state index in [9.17, 15) is 0 Å². The van der Waals surface area contributed by atoms with E-state index in [0.717, 1.165) is 19.6 Å². The summed E-state index contributed by atoms with van der Waals surface area (Å²) in [4.78, 5) is 0. The second kappa shape index (κ2) is 30.4. The van der Waals surface area contributed by atoms with E-state index >= 15 is 0 Å². The summed E-state index contributed by atoms with van der Waals surface area (Å²) in [5, 5.41) is 0. The van der Waals surface area contributed by atoms with Crippen LogP contribution in [0.3, 0.4) is 0 Å². The zero-order valence-electron chi connectivity index (χ0n) is 23.7. The van der Waals surface area contributed by atoms with E-state index in [1.165, 1.54) is 135 Å². The van der Waals surface area contributed by atoms with Gasteiger partial charge in [-0.05, 0) is 44.9 Å². The molecule has 0 heterocycles. The number of hydrogen-bond acceptors (Lipinski definition) is 2. The van der Waals surface area contributed by atoms with Crippen molar-refractivity contribution in [1.29, 1.82) is 0 Å². The van der Waals surface area contributed by atoms with E-state index in [0.29, 0.717) is 0 Å². The molecule has 202 valence electrons. The van der Waals surface area contributed by atoms with Crippen molar-refractivity contribution >= 4 is 0 Å². The molecular formula is C32H62O2. The summed E-state index contributed by atoms with van der Waals surface area (Å²) >= 11 is 0. The van der Waals surface area contributed by atoms with Crippen LogP contribution in [0.15, 0.2) is 24.3 Å². The first-order valence-electron chi connectivity index (χ1n) is 15.4. The van der Waals surface area contributed by atoms with Gasteiger partial charge in [0.25, 0.3) is 0 Å². The van der Waals surface area contributed by atoms with Crippen LogP contribution in [0, 0.1) is 0 Å². The minimum absolute atomic E-state index is 0.0220. The van der Waals surface area contributed by atoms with Gasteiger partial charge in [-0.1, -0.05) is 141 Å². The number of allylic oxidation sites excluding steroid dienone is 4. The van der Waals surface area contributed by atoms with Crippen molar-refractivity contribution in [1.82, 2.24) is 0 Å². The van der Waals surface area contributed by atoms with Crippen molar-refractivity contribution in [2.45, 2.75) is 168 Å². The van der Waals surface area contributed by atoms with Crippen LogP contribution in [0.4, 0.5) is 0 Å². The fraction of sp³-hybridized carbons (Fsp3) is 0.875. The highest BCUT2D eigenvalue weighted by atomic mass is 16.7. The van der Waals surface area contributed by atoms with Gasteiger partial charge in [0, 0.05) is 13.2 Å². The maximum Gasteiger partial charge on any atom is 0.157 e. The van der Waals surface area contributed by atoms with Crippen molar-refractivity contribution in [3.63, 3.8) is 0 Å². The van der Waals surface area contributed by atoms with Gasteiger partial charge in [0.15, 0.2) is 6.29 Å². The lowest BCUT2D eigenvalue weighted by molar-refractivity contribution is -0.148. The maximum atomic E-state index is 6.16. The molecule has 0 atom stereocenters.